The third-order valence-electron chi connectivity index (χ3n) is 5.46. The minimum atomic E-state index is -2.92. The van der Waals surface area contributed by atoms with Crippen molar-refractivity contribution in [2.45, 2.75) is 32.9 Å². The Morgan fingerprint density at radius 2 is 2.10 bits per heavy atom. The Kier molecular flexibility index (Phi) is 5.40. The molecule has 1 atom stereocenters. The zero-order chi connectivity index (χ0) is 20.6. The summed E-state index contributed by atoms with van der Waals surface area (Å²) in [5.41, 5.74) is 5.21. The molecule has 1 aliphatic rings. The van der Waals surface area contributed by atoms with E-state index in [0.29, 0.717) is 13.0 Å². The Morgan fingerprint density at radius 1 is 1.31 bits per heavy atom. The number of benzene rings is 1. The van der Waals surface area contributed by atoms with Crippen molar-refractivity contribution in [1.82, 2.24) is 9.55 Å². The highest BCUT2D eigenvalue weighted by Gasteiger charge is 2.31. The molecule has 0 saturated carbocycles. The van der Waals surface area contributed by atoms with Crippen molar-refractivity contribution < 1.29 is 13.2 Å². The van der Waals surface area contributed by atoms with Crippen LogP contribution in [0.5, 0.6) is 5.75 Å². The molecule has 1 fully saturated rings. The lowest BCUT2D eigenvalue weighted by molar-refractivity contribution is 0.410. The summed E-state index contributed by atoms with van der Waals surface area (Å²) in [5.74, 6) is 1.36. The number of nitrogens with zero attached hydrogens (tertiary/aromatic N) is 2. The second kappa shape index (κ2) is 7.84. The van der Waals surface area contributed by atoms with Crippen LogP contribution in [-0.4, -0.2) is 36.6 Å². The number of sulfone groups is 1. The van der Waals surface area contributed by atoms with Gasteiger partial charge in [0.15, 0.2) is 15.0 Å². The van der Waals surface area contributed by atoms with Crippen molar-refractivity contribution in [3.8, 4) is 17.0 Å². The fourth-order valence-corrected chi connectivity index (χ4v) is 6.49. The fraction of sp³-hybridized carbons (Fsp3) is 0.381. The Morgan fingerprint density at radius 3 is 2.83 bits per heavy atom. The number of nitrogens with one attached hydrogen (secondary N) is 1. The van der Waals surface area contributed by atoms with Crippen molar-refractivity contribution in [3.05, 3.63) is 52.7 Å². The molecule has 1 saturated heterocycles. The number of ether oxygens (including phenoxy) is 1. The Bertz CT molecular complexity index is 1130. The molecule has 1 unspecified atom stereocenters. The normalized spacial score (nSPS) is 18.1. The molecule has 0 radical (unpaired) electrons. The van der Waals surface area contributed by atoms with Gasteiger partial charge in [0.25, 0.3) is 0 Å². The van der Waals surface area contributed by atoms with Gasteiger partial charge in [-0.25, -0.2) is 13.4 Å². The number of anilines is 1. The second-order valence-electron chi connectivity index (χ2n) is 7.41. The molecular weight excluding hydrogens is 406 g/mol. The number of thiazole rings is 1. The highest BCUT2D eigenvalue weighted by molar-refractivity contribution is 7.91. The molecule has 3 heterocycles. The minimum Gasteiger partial charge on any atom is -0.496 e. The van der Waals surface area contributed by atoms with Gasteiger partial charge in [0, 0.05) is 40.5 Å². The van der Waals surface area contributed by atoms with Crippen LogP contribution in [0, 0.1) is 13.8 Å². The Labute approximate surface area is 175 Å². The van der Waals surface area contributed by atoms with Crippen LogP contribution >= 0.6 is 11.3 Å². The Balaban J connectivity index is 1.53. The van der Waals surface area contributed by atoms with Crippen molar-refractivity contribution in [1.29, 1.82) is 0 Å². The monoisotopic (exact) mass is 431 g/mol. The molecule has 1 aliphatic heterocycles. The molecule has 154 valence electrons. The third kappa shape index (κ3) is 4.04. The summed E-state index contributed by atoms with van der Waals surface area (Å²) in [5, 5.41) is 6.26. The molecular formula is C21H25N3O3S2. The lowest BCUT2D eigenvalue weighted by Crippen LogP contribution is -2.13. The lowest BCUT2D eigenvalue weighted by atomic mass is 10.2. The van der Waals surface area contributed by atoms with E-state index in [1.807, 2.05) is 36.6 Å². The van der Waals surface area contributed by atoms with Crippen LogP contribution in [0.1, 0.15) is 29.4 Å². The van der Waals surface area contributed by atoms with Crippen LogP contribution in [-0.2, 0) is 16.4 Å². The average molecular weight is 432 g/mol. The van der Waals surface area contributed by atoms with Gasteiger partial charge in [0.05, 0.1) is 24.3 Å². The van der Waals surface area contributed by atoms with Crippen LogP contribution in [0.4, 0.5) is 5.13 Å². The standard InChI is InChI=1S/C21H25N3O3S2/c1-14-10-18(15(2)24(14)17-8-9-29(25,26)13-17)19-12-28-21(23-19)22-11-16-6-4-5-7-20(16)27-3/h4-7,10,12,17H,8-9,11,13H2,1-3H3,(H,22,23). The molecule has 0 amide bonds. The van der Waals surface area contributed by atoms with E-state index >= 15 is 0 Å². The third-order valence-corrected chi connectivity index (χ3v) is 8.01. The summed E-state index contributed by atoms with van der Waals surface area (Å²) in [6.45, 7) is 4.72. The van der Waals surface area contributed by atoms with E-state index in [1.165, 1.54) is 0 Å². The summed E-state index contributed by atoms with van der Waals surface area (Å²) < 4.78 is 31.4. The van der Waals surface area contributed by atoms with Gasteiger partial charge in [-0.1, -0.05) is 18.2 Å². The predicted octanol–water partition coefficient (Wildman–Crippen LogP) is 4.21. The van der Waals surface area contributed by atoms with Crippen LogP contribution < -0.4 is 10.1 Å². The van der Waals surface area contributed by atoms with Crippen molar-refractivity contribution >= 4 is 26.3 Å². The smallest absolute Gasteiger partial charge is 0.183 e. The summed E-state index contributed by atoms with van der Waals surface area (Å²) in [7, 11) is -1.25. The van der Waals surface area contributed by atoms with Gasteiger partial charge in [-0.15, -0.1) is 11.3 Å². The molecule has 2 aromatic heterocycles. The number of hydrogen-bond donors (Lipinski definition) is 1. The molecule has 4 rings (SSSR count). The maximum atomic E-state index is 11.9. The largest absolute Gasteiger partial charge is 0.496 e. The fourth-order valence-electron chi connectivity index (χ4n) is 4.08. The van der Waals surface area contributed by atoms with E-state index < -0.39 is 9.84 Å². The number of rotatable bonds is 6. The van der Waals surface area contributed by atoms with Crippen molar-refractivity contribution in [3.63, 3.8) is 0 Å². The number of aromatic nitrogens is 2. The first-order valence-electron chi connectivity index (χ1n) is 9.58. The van der Waals surface area contributed by atoms with Gasteiger partial charge in [-0.3, -0.25) is 0 Å². The summed E-state index contributed by atoms with van der Waals surface area (Å²) in [4.78, 5) is 4.76. The highest BCUT2D eigenvalue weighted by atomic mass is 32.2. The summed E-state index contributed by atoms with van der Waals surface area (Å²) >= 11 is 1.56. The van der Waals surface area contributed by atoms with E-state index in [2.05, 4.69) is 22.9 Å². The molecule has 1 N–H and O–H groups in total. The maximum Gasteiger partial charge on any atom is 0.183 e. The maximum absolute atomic E-state index is 11.9. The van der Waals surface area contributed by atoms with E-state index in [-0.39, 0.29) is 17.5 Å². The first kappa shape index (κ1) is 20.0. The molecule has 0 aliphatic carbocycles. The number of methoxy groups -OCH3 is 1. The van der Waals surface area contributed by atoms with Crippen LogP contribution in [0.15, 0.2) is 35.7 Å². The number of hydrogen-bond acceptors (Lipinski definition) is 6. The van der Waals surface area contributed by atoms with Gasteiger partial charge in [-0.2, -0.15) is 0 Å². The van der Waals surface area contributed by atoms with Gasteiger partial charge in [-0.05, 0) is 32.4 Å². The zero-order valence-electron chi connectivity index (χ0n) is 16.8. The molecule has 0 spiro atoms. The van der Waals surface area contributed by atoms with Gasteiger partial charge in [0.2, 0.25) is 0 Å². The van der Waals surface area contributed by atoms with Crippen LogP contribution in [0.2, 0.25) is 0 Å². The molecule has 8 heteroatoms. The SMILES string of the molecule is COc1ccccc1CNc1nc(-c2cc(C)n(C3CCS(=O)(=O)C3)c2C)cs1. The second-order valence-corrected chi connectivity index (χ2v) is 10.5. The van der Waals surface area contributed by atoms with Gasteiger partial charge >= 0.3 is 0 Å². The summed E-state index contributed by atoms with van der Waals surface area (Å²) in [6, 6.07) is 10.1. The molecule has 0 bridgehead atoms. The van der Waals surface area contributed by atoms with E-state index in [0.717, 1.165) is 39.1 Å². The van der Waals surface area contributed by atoms with Crippen molar-refractivity contribution in [2.24, 2.45) is 0 Å². The molecule has 1 aromatic carbocycles. The van der Waals surface area contributed by atoms with E-state index in [4.69, 9.17) is 9.72 Å². The first-order chi connectivity index (χ1) is 13.9. The molecule has 29 heavy (non-hydrogen) atoms. The molecule has 3 aromatic rings. The summed E-state index contributed by atoms with van der Waals surface area (Å²) in [6.07, 6.45) is 0.681. The quantitative estimate of drug-likeness (QED) is 0.633. The topological polar surface area (TPSA) is 73.2 Å². The lowest BCUT2D eigenvalue weighted by Gasteiger charge is -2.16. The zero-order valence-corrected chi connectivity index (χ0v) is 18.4. The predicted molar refractivity (Wildman–Crippen MR) is 118 cm³/mol. The minimum absolute atomic E-state index is 0.0236. The van der Waals surface area contributed by atoms with E-state index in [1.54, 1.807) is 18.4 Å². The number of aryl methyl sites for hydroxylation is 1. The number of para-hydroxylation sites is 1. The average Bonchev–Trinajstić information content (AvgIpc) is 3.37. The van der Waals surface area contributed by atoms with Gasteiger partial charge in [0.1, 0.15) is 5.75 Å². The molecule has 6 nitrogen and oxygen atoms in total. The van der Waals surface area contributed by atoms with Crippen molar-refractivity contribution in [2.75, 3.05) is 23.9 Å². The van der Waals surface area contributed by atoms with Crippen LogP contribution in [0.3, 0.4) is 0 Å². The van der Waals surface area contributed by atoms with E-state index in [9.17, 15) is 8.42 Å². The highest BCUT2D eigenvalue weighted by Crippen LogP contribution is 2.34. The van der Waals surface area contributed by atoms with Crippen LogP contribution in [0.25, 0.3) is 11.3 Å². The Hall–Kier alpha value is -2.32. The first-order valence-corrected chi connectivity index (χ1v) is 12.3. The van der Waals surface area contributed by atoms with Gasteiger partial charge < -0.3 is 14.6 Å².